The van der Waals surface area contributed by atoms with Crippen molar-refractivity contribution in [2.24, 2.45) is 17.2 Å². The molecule has 0 aliphatic rings. The Morgan fingerprint density at radius 1 is 1.33 bits per heavy atom. The van der Waals surface area contributed by atoms with Gasteiger partial charge in [0.25, 0.3) is 0 Å². The second-order valence-corrected chi connectivity index (χ2v) is 2.30. The van der Waals surface area contributed by atoms with Crippen LogP contribution in [0.2, 0.25) is 4.44 Å². The molecule has 0 fully saturated rings. The van der Waals surface area contributed by atoms with Crippen molar-refractivity contribution in [2.75, 3.05) is 0 Å². The Bertz CT molecular complexity index is 38.5. The molecule has 0 saturated carbocycles. The monoisotopic (exact) mass is 194 g/mol. The molecule has 0 unspecified atom stereocenters. The predicted octanol–water partition coefficient (Wildman–Crippen LogP) is -1.90. The molecule has 0 aromatic heterocycles. The summed E-state index contributed by atoms with van der Waals surface area (Å²) < 4.78 is 0.694. The van der Waals surface area contributed by atoms with E-state index in [1.807, 2.05) is 0 Å². The zero-order valence-electron chi connectivity index (χ0n) is 3.44. The van der Waals surface area contributed by atoms with Gasteiger partial charge in [0.15, 0.2) is 0 Å². The molecule has 0 atom stereocenters. The van der Waals surface area contributed by atoms with Crippen LogP contribution in [0.4, 0.5) is 0 Å². The number of nitrogens with two attached hydrogens (primary N) is 3. The summed E-state index contributed by atoms with van der Waals surface area (Å²) in [6.07, 6.45) is 0. The molecule has 0 rings (SSSR count). The van der Waals surface area contributed by atoms with E-state index in [9.17, 15) is 0 Å². The molecule has 0 spiro atoms. The fraction of sp³-hybridized carbons (Fsp3) is 1.00. The third-order valence-electron chi connectivity index (χ3n) is 0.306. The summed E-state index contributed by atoms with van der Waals surface area (Å²) in [5.74, 6) is -0.918. The third kappa shape index (κ3) is 4.68. The van der Waals surface area contributed by atoms with Crippen LogP contribution in [0.1, 0.15) is 0 Å². The van der Waals surface area contributed by atoms with E-state index < -0.39 is 5.79 Å². The molecule has 0 aliphatic heterocycles. The van der Waals surface area contributed by atoms with Gasteiger partial charge < -0.3 is 0 Å². The topological polar surface area (TPSA) is 78.1 Å². The van der Waals surface area contributed by atoms with Gasteiger partial charge in [0, 0.05) is 0 Å². The summed E-state index contributed by atoms with van der Waals surface area (Å²) in [4.78, 5) is 0. The molecule has 3 nitrogen and oxygen atoms in total. The molecule has 35 valence electrons. The van der Waals surface area contributed by atoms with Crippen molar-refractivity contribution >= 4 is 22.5 Å². The van der Waals surface area contributed by atoms with Gasteiger partial charge in [0.2, 0.25) is 0 Å². The average molecular weight is 193 g/mol. The Labute approximate surface area is 50.3 Å². The fourth-order valence-corrected chi connectivity index (χ4v) is 0. The maximum atomic E-state index is 5.11. The number of hydrogen-bond donors (Lipinski definition) is 3. The first-order chi connectivity index (χ1) is 2.56. The van der Waals surface area contributed by atoms with Gasteiger partial charge in [-0.2, -0.15) is 0 Å². The first-order valence-electron chi connectivity index (χ1n) is 1.57. The molecular weight excluding hydrogens is 185 g/mol. The summed E-state index contributed by atoms with van der Waals surface area (Å²) in [5, 5.41) is 0. The van der Waals surface area contributed by atoms with Crippen LogP contribution in [-0.2, 0) is 0 Å². The minimum atomic E-state index is -0.918. The van der Waals surface area contributed by atoms with E-state index in [1.54, 1.807) is 0 Å². The van der Waals surface area contributed by atoms with Crippen molar-refractivity contribution in [1.82, 2.24) is 0 Å². The molecular formula is C2H8N3Sn. The summed E-state index contributed by atoms with van der Waals surface area (Å²) >= 11 is 1.28. The van der Waals surface area contributed by atoms with Crippen molar-refractivity contribution in [2.45, 2.75) is 10.2 Å². The van der Waals surface area contributed by atoms with Crippen molar-refractivity contribution < 1.29 is 0 Å². The second-order valence-electron chi connectivity index (χ2n) is 1.29. The summed E-state index contributed by atoms with van der Waals surface area (Å²) in [6, 6.07) is 0. The van der Waals surface area contributed by atoms with Crippen LogP contribution < -0.4 is 17.2 Å². The summed E-state index contributed by atoms with van der Waals surface area (Å²) in [6.45, 7) is 0. The Morgan fingerprint density at radius 3 is 1.50 bits per heavy atom. The minimum absolute atomic E-state index is 0.694. The Kier molecular flexibility index (Phi) is 2.35. The van der Waals surface area contributed by atoms with Crippen molar-refractivity contribution in [3.05, 3.63) is 0 Å². The molecule has 6 heavy (non-hydrogen) atoms. The first-order valence-corrected chi connectivity index (χ1v) is 3.59. The zero-order valence-corrected chi connectivity index (χ0v) is 6.29. The molecule has 4 heteroatoms. The Balaban J connectivity index is 3.17. The van der Waals surface area contributed by atoms with Crippen LogP contribution in [0.3, 0.4) is 0 Å². The molecule has 0 bridgehead atoms. The molecule has 0 saturated heterocycles. The average Bonchev–Trinajstić information content (AvgIpc) is 1.35. The Morgan fingerprint density at radius 2 is 1.50 bits per heavy atom. The van der Waals surface area contributed by atoms with Crippen LogP contribution in [0, 0.1) is 0 Å². The van der Waals surface area contributed by atoms with E-state index in [1.165, 1.54) is 22.5 Å². The zero-order chi connectivity index (χ0) is 5.21. The van der Waals surface area contributed by atoms with E-state index in [-0.39, 0.29) is 0 Å². The van der Waals surface area contributed by atoms with E-state index in [4.69, 9.17) is 17.2 Å². The van der Waals surface area contributed by atoms with Gasteiger partial charge >= 0.3 is 49.9 Å². The fourth-order valence-electron chi connectivity index (χ4n) is 0. The van der Waals surface area contributed by atoms with Crippen LogP contribution in [0.25, 0.3) is 0 Å². The number of rotatable bonds is 1. The molecule has 0 aromatic carbocycles. The first kappa shape index (κ1) is 6.68. The van der Waals surface area contributed by atoms with Gasteiger partial charge in [-0.1, -0.05) is 0 Å². The molecule has 0 aliphatic carbocycles. The number of hydrogen-bond acceptors (Lipinski definition) is 3. The van der Waals surface area contributed by atoms with Crippen molar-refractivity contribution in [1.29, 1.82) is 0 Å². The van der Waals surface area contributed by atoms with E-state index in [2.05, 4.69) is 0 Å². The SMILES string of the molecule is NC(N)(N)[CH2][Sn]. The molecule has 6 N–H and O–H groups in total. The van der Waals surface area contributed by atoms with Gasteiger partial charge in [0.05, 0.1) is 0 Å². The second kappa shape index (κ2) is 2.11. The van der Waals surface area contributed by atoms with Gasteiger partial charge in [-0.15, -0.1) is 0 Å². The van der Waals surface area contributed by atoms with Crippen LogP contribution >= 0.6 is 0 Å². The standard InChI is InChI=1S/C2H8N3.Sn/c1-2(3,4)5;/h1,3-5H2;. The van der Waals surface area contributed by atoms with Crippen molar-refractivity contribution in [3.8, 4) is 0 Å². The molecule has 0 aromatic rings. The van der Waals surface area contributed by atoms with Gasteiger partial charge in [-0.3, -0.25) is 0 Å². The van der Waals surface area contributed by atoms with E-state index in [0.29, 0.717) is 4.44 Å². The summed E-state index contributed by atoms with van der Waals surface area (Å²) in [5.41, 5.74) is 15.3. The predicted molar refractivity (Wildman–Crippen MR) is 25.9 cm³/mol. The van der Waals surface area contributed by atoms with Gasteiger partial charge in [-0.25, -0.2) is 0 Å². The van der Waals surface area contributed by atoms with Crippen LogP contribution in [-0.4, -0.2) is 28.3 Å². The van der Waals surface area contributed by atoms with Crippen LogP contribution in [0.5, 0.6) is 0 Å². The van der Waals surface area contributed by atoms with Crippen molar-refractivity contribution in [3.63, 3.8) is 0 Å². The van der Waals surface area contributed by atoms with E-state index in [0.717, 1.165) is 0 Å². The quantitative estimate of drug-likeness (QED) is 0.336. The normalized spacial score (nSPS) is 12.0. The van der Waals surface area contributed by atoms with Gasteiger partial charge in [-0.05, 0) is 0 Å². The molecule has 3 radical (unpaired) electrons. The van der Waals surface area contributed by atoms with Crippen LogP contribution in [0.15, 0.2) is 0 Å². The Hall–Kier alpha value is 0.679. The molecule has 0 heterocycles. The van der Waals surface area contributed by atoms with E-state index >= 15 is 0 Å². The summed E-state index contributed by atoms with van der Waals surface area (Å²) in [7, 11) is 0. The maximum absolute atomic E-state index is 5.11. The van der Waals surface area contributed by atoms with Gasteiger partial charge in [0.1, 0.15) is 0 Å². The third-order valence-corrected chi connectivity index (χ3v) is 2.05. The molecule has 0 amide bonds.